The zero-order valence-corrected chi connectivity index (χ0v) is 12.1. The normalized spacial score (nSPS) is 10.3. The molecule has 1 aromatic rings. The molecule has 19 heavy (non-hydrogen) atoms. The number of rotatable bonds is 8. The minimum Gasteiger partial charge on any atom is -0.203 e. The second-order valence-corrected chi connectivity index (χ2v) is 6.26. The van der Waals surface area contributed by atoms with Gasteiger partial charge in [-0.3, -0.25) is 0 Å². The van der Waals surface area contributed by atoms with Crippen molar-refractivity contribution >= 4 is 35.1 Å². The Hall–Kier alpha value is -0.540. The molecule has 1 rings (SSSR count). The Kier molecular flexibility index (Phi) is 8.15. The lowest BCUT2D eigenvalue weighted by atomic mass is 10.5. The Labute approximate surface area is 120 Å². The van der Waals surface area contributed by atoms with Gasteiger partial charge in [0.1, 0.15) is 0 Å². The maximum absolute atomic E-state index is 11.8. The van der Waals surface area contributed by atoms with Crippen LogP contribution in [0.15, 0.2) is 33.8 Å². The van der Waals surface area contributed by atoms with E-state index in [0.29, 0.717) is 21.0 Å². The van der Waals surface area contributed by atoms with Gasteiger partial charge >= 0.3 is 0 Å². The molecule has 0 amide bonds. The monoisotopic (exact) mass is 330 g/mol. The maximum Gasteiger partial charge on any atom is 0.266 e. The highest BCUT2D eigenvalue weighted by atomic mass is 32.2. The average molecular weight is 330 g/mol. The predicted octanol–water partition coefficient (Wildman–Crippen LogP) is 5.06. The van der Waals surface area contributed by atoms with Gasteiger partial charge in [0, 0.05) is 11.5 Å². The van der Waals surface area contributed by atoms with E-state index >= 15 is 0 Å². The van der Waals surface area contributed by atoms with Crippen molar-refractivity contribution in [3.8, 4) is 0 Å². The molecule has 0 aromatic carbocycles. The zero-order chi connectivity index (χ0) is 14.1. The highest BCUT2D eigenvalue weighted by Gasteiger charge is 2.04. The summed E-state index contributed by atoms with van der Waals surface area (Å²) in [7, 11) is 0. The predicted molar refractivity (Wildman–Crippen MR) is 71.2 cm³/mol. The van der Waals surface area contributed by atoms with E-state index in [-0.39, 0.29) is 12.8 Å². The first-order valence-electron chi connectivity index (χ1n) is 5.19. The van der Waals surface area contributed by atoms with Crippen LogP contribution in [0.5, 0.6) is 0 Å². The Bertz CT molecular complexity index is 401. The van der Waals surface area contributed by atoms with Gasteiger partial charge in [-0.2, -0.15) is 21.9 Å². The molecule has 1 heterocycles. The van der Waals surface area contributed by atoms with E-state index in [1.807, 2.05) is 0 Å². The van der Waals surface area contributed by atoms with Crippen molar-refractivity contribution in [2.45, 2.75) is 22.3 Å². The second-order valence-electron chi connectivity index (χ2n) is 3.10. The van der Waals surface area contributed by atoms with E-state index in [0.717, 1.165) is 12.2 Å². The number of nitrogens with zero attached hydrogens (tertiary/aromatic N) is 2. The van der Waals surface area contributed by atoms with Crippen molar-refractivity contribution in [2.24, 2.45) is 0 Å². The van der Waals surface area contributed by atoms with Crippen molar-refractivity contribution in [3.63, 3.8) is 0 Å². The molecule has 0 radical (unpaired) electrons. The first-order valence-corrected chi connectivity index (χ1v) is 7.94. The molecule has 0 atom stereocenters. The van der Waals surface area contributed by atoms with Crippen molar-refractivity contribution in [1.29, 1.82) is 0 Å². The average Bonchev–Trinajstić information content (AvgIpc) is 2.78. The topological polar surface area (TPSA) is 25.8 Å². The van der Waals surface area contributed by atoms with E-state index in [4.69, 9.17) is 0 Å². The van der Waals surface area contributed by atoms with Gasteiger partial charge in [-0.1, -0.05) is 23.5 Å². The molecule has 0 fully saturated rings. The van der Waals surface area contributed by atoms with E-state index in [2.05, 4.69) is 9.36 Å². The van der Waals surface area contributed by atoms with Crippen LogP contribution in [0.25, 0.3) is 0 Å². The van der Waals surface area contributed by atoms with Crippen molar-refractivity contribution in [2.75, 3.05) is 11.5 Å². The molecule has 2 nitrogen and oxygen atoms in total. The van der Waals surface area contributed by atoms with Gasteiger partial charge in [-0.25, -0.2) is 4.98 Å². The number of hydrogen-bond donors (Lipinski definition) is 0. The molecular formula is C10H10F4N2S3. The molecular weight excluding hydrogens is 320 g/mol. The molecule has 1 aromatic heterocycles. The fraction of sp³-hybridized carbons (Fsp3) is 0.400. The van der Waals surface area contributed by atoms with Crippen molar-refractivity contribution in [1.82, 2.24) is 9.36 Å². The summed E-state index contributed by atoms with van der Waals surface area (Å²) in [5.74, 6) is 0.987. The minimum absolute atomic E-state index is 0.259. The van der Waals surface area contributed by atoms with Gasteiger partial charge < -0.3 is 0 Å². The van der Waals surface area contributed by atoms with Gasteiger partial charge in [0.2, 0.25) is 5.16 Å². The van der Waals surface area contributed by atoms with Crippen LogP contribution < -0.4 is 0 Å². The molecule has 9 heteroatoms. The highest BCUT2D eigenvalue weighted by Crippen LogP contribution is 2.25. The highest BCUT2D eigenvalue weighted by molar-refractivity contribution is 8.01. The molecule has 106 valence electrons. The van der Waals surface area contributed by atoms with Crippen LogP contribution in [-0.2, 0) is 0 Å². The van der Waals surface area contributed by atoms with Crippen LogP contribution in [0, 0.1) is 0 Å². The van der Waals surface area contributed by atoms with Crippen LogP contribution in [0.2, 0.25) is 0 Å². The molecule has 0 bridgehead atoms. The largest absolute Gasteiger partial charge is 0.266 e. The van der Waals surface area contributed by atoms with Crippen LogP contribution >= 0.6 is 35.1 Å². The first kappa shape index (κ1) is 16.5. The molecule has 0 aliphatic heterocycles. The van der Waals surface area contributed by atoms with Gasteiger partial charge in [0.05, 0.1) is 0 Å². The summed E-state index contributed by atoms with van der Waals surface area (Å²) < 4.78 is 51.8. The SMILES string of the molecule is FC(F)=CCCSc1nsc(SCCC=C(F)F)n1. The van der Waals surface area contributed by atoms with Gasteiger partial charge in [0.15, 0.2) is 4.34 Å². The lowest BCUT2D eigenvalue weighted by molar-refractivity contribution is 0.417. The van der Waals surface area contributed by atoms with E-state index in [1.165, 1.54) is 35.1 Å². The molecule has 0 N–H and O–H groups in total. The number of hydrogen-bond acceptors (Lipinski definition) is 5. The first-order chi connectivity index (χ1) is 9.08. The summed E-state index contributed by atoms with van der Waals surface area (Å²) in [4.78, 5) is 4.16. The third kappa shape index (κ3) is 8.27. The van der Waals surface area contributed by atoms with Crippen LogP contribution in [0.1, 0.15) is 12.8 Å². The van der Waals surface area contributed by atoms with Crippen LogP contribution in [-0.4, -0.2) is 20.9 Å². The summed E-state index contributed by atoms with van der Waals surface area (Å²) in [6, 6.07) is 0. The maximum atomic E-state index is 11.8. The van der Waals surface area contributed by atoms with Crippen molar-refractivity contribution < 1.29 is 17.6 Å². The zero-order valence-electron chi connectivity index (χ0n) is 9.61. The third-order valence-corrected chi connectivity index (χ3v) is 4.54. The summed E-state index contributed by atoms with van der Waals surface area (Å²) >= 11 is 3.82. The lowest BCUT2D eigenvalue weighted by Crippen LogP contribution is -1.80. The number of thioether (sulfide) groups is 2. The van der Waals surface area contributed by atoms with Gasteiger partial charge in [-0.15, -0.1) is 0 Å². The third-order valence-electron chi connectivity index (χ3n) is 1.68. The van der Waals surface area contributed by atoms with Gasteiger partial charge in [0.25, 0.3) is 12.2 Å². The molecule has 0 aliphatic carbocycles. The second kappa shape index (κ2) is 9.38. The number of halogens is 4. The van der Waals surface area contributed by atoms with E-state index in [9.17, 15) is 17.6 Å². The lowest BCUT2D eigenvalue weighted by Gasteiger charge is -1.92. The van der Waals surface area contributed by atoms with Crippen molar-refractivity contribution in [3.05, 3.63) is 24.3 Å². The van der Waals surface area contributed by atoms with Crippen LogP contribution in [0.3, 0.4) is 0 Å². The molecule has 0 spiro atoms. The summed E-state index contributed by atoms with van der Waals surface area (Å²) in [5, 5.41) is 0.535. The molecule has 0 aliphatic rings. The summed E-state index contributed by atoms with van der Waals surface area (Å²) in [6.07, 6.45) is -1.11. The summed E-state index contributed by atoms with van der Waals surface area (Å²) in [5.41, 5.74) is 0. The Morgan fingerprint density at radius 3 is 2.16 bits per heavy atom. The number of aromatic nitrogens is 2. The molecule has 0 saturated carbocycles. The Balaban J connectivity index is 2.24. The van der Waals surface area contributed by atoms with Gasteiger partial charge in [-0.05, 0) is 36.5 Å². The number of allylic oxidation sites excluding steroid dienone is 2. The minimum atomic E-state index is -1.68. The van der Waals surface area contributed by atoms with Crippen LogP contribution in [0.4, 0.5) is 17.6 Å². The molecule has 0 saturated heterocycles. The standard InChI is InChI=1S/C10H10F4N2S3/c11-7(12)3-1-5-17-9-15-10(19-16-9)18-6-2-4-8(13)14/h3-4H,1-2,5-6H2. The van der Waals surface area contributed by atoms with E-state index < -0.39 is 12.2 Å². The molecule has 0 unspecified atom stereocenters. The quantitative estimate of drug-likeness (QED) is 0.378. The summed E-state index contributed by atoms with van der Waals surface area (Å²) in [6.45, 7) is 0. The Morgan fingerprint density at radius 1 is 1.00 bits per heavy atom. The smallest absolute Gasteiger partial charge is 0.203 e. The fourth-order valence-corrected chi connectivity index (χ4v) is 3.42. The fourth-order valence-electron chi connectivity index (χ4n) is 0.947. The van der Waals surface area contributed by atoms with E-state index in [1.54, 1.807) is 0 Å². The Morgan fingerprint density at radius 2 is 1.58 bits per heavy atom.